The highest BCUT2D eigenvalue weighted by atomic mass is 127. The van der Waals surface area contributed by atoms with Crippen LogP contribution in [0, 0.1) is 0 Å². The molecule has 0 heterocycles. The molecule has 0 aliphatic carbocycles. The fraction of sp³-hybridized carbons (Fsp3) is 0.667. The first kappa shape index (κ1) is 9.87. The first-order valence-corrected chi connectivity index (χ1v) is 4.21. The van der Waals surface area contributed by atoms with Gasteiger partial charge in [0.05, 0.1) is 3.92 Å². The van der Waals surface area contributed by atoms with Crippen molar-refractivity contribution in [2.75, 3.05) is 0 Å². The van der Waals surface area contributed by atoms with Crippen LogP contribution in [0.2, 0.25) is 0 Å². The molecule has 0 aromatic carbocycles. The van der Waals surface area contributed by atoms with E-state index in [0.717, 1.165) is 0 Å². The molecule has 0 aliphatic heterocycles. The van der Waals surface area contributed by atoms with Crippen molar-refractivity contribution < 1.29 is 14.7 Å². The third-order valence-corrected chi connectivity index (χ3v) is 2.61. The molecule has 1 N–H and O–H groups in total. The quantitative estimate of drug-likeness (QED) is 0.467. The van der Waals surface area contributed by atoms with E-state index in [2.05, 4.69) is 0 Å². The van der Waals surface area contributed by atoms with Gasteiger partial charge in [0.2, 0.25) is 0 Å². The van der Waals surface area contributed by atoms with Crippen molar-refractivity contribution in [1.29, 1.82) is 0 Å². The van der Waals surface area contributed by atoms with Crippen molar-refractivity contribution >= 4 is 34.3 Å². The molecule has 3 nitrogen and oxygen atoms in total. The maximum Gasteiger partial charge on any atom is 0.310 e. The highest BCUT2D eigenvalue weighted by Crippen LogP contribution is 2.08. The molecule has 0 amide bonds. The predicted molar refractivity (Wildman–Crippen MR) is 45.4 cm³/mol. The molecule has 0 aliphatic rings. The topological polar surface area (TPSA) is 54.4 Å². The van der Waals surface area contributed by atoms with Crippen LogP contribution < -0.4 is 0 Å². The van der Waals surface area contributed by atoms with Crippen LogP contribution in [0.3, 0.4) is 0 Å². The maximum absolute atomic E-state index is 10.8. The summed E-state index contributed by atoms with van der Waals surface area (Å²) in [6.07, 6.45) is 0.355. The van der Waals surface area contributed by atoms with E-state index in [1.54, 1.807) is 0 Å². The Hall–Kier alpha value is -0.130. The third kappa shape index (κ3) is 3.81. The Labute approximate surface area is 72.9 Å². The Balaban J connectivity index is 3.73. The van der Waals surface area contributed by atoms with Crippen molar-refractivity contribution in [2.24, 2.45) is 0 Å². The molecule has 0 spiro atoms. The number of Topliss-reactive ketones (excluding diaryl/α,β-unsaturated/α-hetero) is 1. The Kier molecular flexibility index (Phi) is 4.59. The van der Waals surface area contributed by atoms with E-state index in [1.165, 1.54) is 0 Å². The number of carboxylic acid groups (broad SMARTS) is 1. The summed E-state index contributed by atoms with van der Waals surface area (Å²) in [5.74, 6) is -1.24. The summed E-state index contributed by atoms with van der Waals surface area (Å²) in [5, 5.41) is 8.20. The molecular weight excluding hydrogens is 247 g/mol. The van der Waals surface area contributed by atoms with Crippen molar-refractivity contribution in [2.45, 2.75) is 23.7 Å². The zero-order valence-electron chi connectivity index (χ0n) is 5.63. The minimum Gasteiger partial charge on any atom is -0.481 e. The zero-order chi connectivity index (χ0) is 8.15. The summed E-state index contributed by atoms with van der Waals surface area (Å²) >= 11 is 1.95. The average molecular weight is 256 g/mol. The van der Waals surface area contributed by atoms with E-state index in [-0.39, 0.29) is 16.1 Å². The van der Waals surface area contributed by atoms with Crippen LogP contribution in [0.15, 0.2) is 0 Å². The standard InChI is InChI=1S/C6H9IO3/c1-2-4(7)5(8)3-6(9)10/h4H,2-3H2,1H3,(H,9,10). The number of hydrogen-bond acceptors (Lipinski definition) is 2. The molecule has 10 heavy (non-hydrogen) atoms. The molecular formula is C6H9IO3. The SMILES string of the molecule is CCC(I)C(=O)CC(=O)O. The number of ketones is 1. The molecule has 0 bridgehead atoms. The van der Waals surface area contributed by atoms with E-state index in [0.29, 0.717) is 6.42 Å². The lowest BCUT2D eigenvalue weighted by atomic mass is 10.2. The summed E-state index contributed by atoms with van der Waals surface area (Å²) in [5.41, 5.74) is 0. The van der Waals surface area contributed by atoms with Gasteiger partial charge in [-0.3, -0.25) is 9.59 Å². The van der Waals surface area contributed by atoms with E-state index in [9.17, 15) is 9.59 Å². The van der Waals surface area contributed by atoms with Crippen LogP contribution in [0.5, 0.6) is 0 Å². The molecule has 1 unspecified atom stereocenters. The van der Waals surface area contributed by atoms with Crippen molar-refractivity contribution in [3.63, 3.8) is 0 Å². The third-order valence-electron chi connectivity index (χ3n) is 1.03. The van der Waals surface area contributed by atoms with Gasteiger partial charge < -0.3 is 5.11 Å². The van der Waals surface area contributed by atoms with Gasteiger partial charge in [-0.2, -0.15) is 0 Å². The molecule has 0 aromatic rings. The minimum atomic E-state index is -1.04. The van der Waals surface area contributed by atoms with E-state index >= 15 is 0 Å². The van der Waals surface area contributed by atoms with Gasteiger partial charge in [0.15, 0.2) is 5.78 Å². The molecule has 0 radical (unpaired) electrons. The van der Waals surface area contributed by atoms with Crippen LogP contribution in [-0.4, -0.2) is 20.8 Å². The number of alkyl halides is 1. The van der Waals surface area contributed by atoms with E-state index < -0.39 is 5.97 Å². The largest absolute Gasteiger partial charge is 0.481 e. The first-order valence-electron chi connectivity index (χ1n) is 2.96. The second kappa shape index (κ2) is 4.65. The van der Waals surface area contributed by atoms with Gasteiger partial charge in [0.1, 0.15) is 6.42 Å². The Morgan fingerprint density at radius 1 is 1.60 bits per heavy atom. The summed E-state index contributed by atoms with van der Waals surface area (Å²) in [6, 6.07) is 0. The van der Waals surface area contributed by atoms with Crippen LogP contribution in [0.4, 0.5) is 0 Å². The Morgan fingerprint density at radius 3 is 2.40 bits per heavy atom. The molecule has 0 saturated carbocycles. The smallest absolute Gasteiger partial charge is 0.310 e. The Bertz CT molecular complexity index is 144. The highest BCUT2D eigenvalue weighted by molar-refractivity contribution is 14.1. The van der Waals surface area contributed by atoms with Gasteiger partial charge >= 0.3 is 5.97 Å². The van der Waals surface area contributed by atoms with Crippen LogP contribution >= 0.6 is 22.6 Å². The molecule has 4 heteroatoms. The molecule has 1 atom stereocenters. The molecule has 0 rings (SSSR count). The molecule has 58 valence electrons. The molecule has 0 saturated heterocycles. The monoisotopic (exact) mass is 256 g/mol. The molecule has 0 aromatic heterocycles. The fourth-order valence-electron chi connectivity index (χ4n) is 0.487. The van der Waals surface area contributed by atoms with Gasteiger partial charge in [-0.15, -0.1) is 0 Å². The first-order chi connectivity index (χ1) is 4.57. The van der Waals surface area contributed by atoms with E-state index in [1.807, 2.05) is 29.5 Å². The lowest BCUT2D eigenvalue weighted by Crippen LogP contribution is -2.16. The second-order valence-corrected chi connectivity index (χ2v) is 3.42. The highest BCUT2D eigenvalue weighted by Gasteiger charge is 2.14. The van der Waals surface area contributed by atoms with Gasteiger partial charge in [0.25, 0.3) is 0 Å². The lowest BCUT2D eigenvalue weighted by molar-refractivity contribution is -0.140. The lowest BCUT2D eigenvalue weighted by Gasteiger charge is -2.01. The van der Waals surface area contributed by atoms with Crippen molar-refractivity contribution in [3.8, 4) is 0 Å². The number of hydrogen-bond donors (Lipinski definition) is 1. The predicted octanol–water partition coefficient (Wildman–Crippen LogP) is 1.24. The summed E-state index contributed by atoms with van der Waals surface area (Å²) in [7, 11) is 0. The van der Waals surface area contributed by atoms with Gasteiger partial charge in [-0.05, 0) is 6.42 Å². The Morgan fingerprint density at radius 2 is 2.10 bits per heavy atom. The molecule has 0 fully saturated rings. The van der Waals surface area contributed by atoms with Crippen LogP contribution in [-0.2, 0) is 9.59 Å². The summed E-state index contributed by atoms with van der Waals surface area (Å²) < 4.78 is -0.145. The maximum atomic E-state index is 10.8. The number of carbonyl (C=O) groups excluding carboxylic acids is 1. The number of halogens is 1. The van der Waals surface area contributed by atoms with Crippen LogP contribution in [0.1, 0.15) is 19.8 Å². The second-order valence-electron chi connectivity index (χ2n) is 1.91. The number of rotatable bonds is 4. The van der Waals surface area contributed by atoms with Crippen molar-refractivity contribution in [3.05, 3.63) is 0 Å². The minimum absolute atomic E-state index is 0.145. The van der Waals surface area contributed by atoms with Crippen LogP contribution in [0.25, 0.3) is 0 Å². The summed E-state index contributed by atoms with van der Waals surface area (Å²) in [4.78, 5) is 20.8. The van der Waals surface area contributed by atoms with Gasteiger partial charge in [-0.1, -0.05) is 29.5 Å². The van der Waals surface area contributed by atoms with E-state index in [4.69, 9.17) is 5.11 Å². The summed E-state index contributed by atoms with van der Waals surface area (Å²) in [6.45, 7) is 1.86. The zero-order valence-corrected chi connectivity index (χ0v) is 7.79. The number of carboxylic acids is 1. The normalized spacial score (nSPS) is 12.6. The number of aliphatic carboxylic acids is 1. The van der Waals surface area contributed by atoms with Crippen molar-refractivity contribution in [1.82, 2.24) is 0 Å². The van der Waals surface area contributed by atoms with Gasteiger partial charge in [-0.25, -0.2) is 0 Å². The average Bonchev–Trinajstić information content (AvgIpc) is 1.85. The fourth-order valence-corrected chi connectivity index (χ4v) is 0.708. The number of carbonyl (C=O) groups is 2. The van der Waals surface area contributed by atoms with Gasteiger partial charge in [0, 0.05) is 0 Å².